The summed E-state index contributed by atoms with van der Waals surface area (Å²) in [5.74, 6) is 1.26. The lowest BCUT2D eigenvalue weighted by atomic mass is 9.96. The highest BCUT2D eigenvalue weighted by molar-refractivity contribution is 5.81. The normalized spacial score (nSPS) is 16.8. The third-order valence-corrected chi connectivity index (χ3v) is 6.96. The summed E-state index contributed by atoms with van der Waals surface area (Å²) < 4.78 is 22.0. The maximum absolute atomic E-state index is 14.6. The van der Waals surface area contributed by atoms with Gasteiger partial charge in [0.2, 0.25) is 11.6 Å². The highest BCUT2D eigenvalue weighted by atomic mass is 19.1. The number of ether oxygens (including phenoxy) is 1. The van der Waals surface area contributed by atoms with Crippen molar-refractivity contribution in [2.24, 2.45) is 0 Å². The number of fused-ring (bicyclic) bond motifs is 2. The van der Waals surface area contributed by atoms with Gasteiger partial charge in [0.05, 0.1) is 12.2 Å². The number of rotatable bonds is 5. The first-order valence-corrected chi connectivity index (χ1v) is 11.9. The Balaban J connectivity index is 1.36. The monoisotopic (exact) mass is 468 g/mol. The van der Waals surface area contributed by atoms with Crippen LogP contribution < -0.4 is 15.4 Å². The fourth-order valence-electron chi connectivity index (χ4n) is 5.19. The van der Waals surface area contributed by atoms with Crippen molar-refractivity contribution in [1.82, 2.24) is 19.7 Å². The molecule has 7 nitrogen and oxygen atoms in total. The van der Waals surface area contributed by atoms with Gasteiger partial charge >= 0.3 is 0 Å². The molecule has 2 aliphatic rings. The second-order valence-corrected chi connectivity index (χ2v) is 9.08. The van der Waals surface area contributed by atoms with Crippen LogP contribution in [0.25, 0.3) is 21.6 Å². The van der Waals surface area contributed by atoms with E-state index in [-0.39, 0.29) is 18.2 Å². The zero-order valence-corrected chi connectivity index (χ0v) is 19.4. The van der Waals surface area contributed by atoms with Crippen LogP contribution in [-0.2, 0) is 13.0 Å². The van der Waals surface area contributed by atoms with Crippen molar-refractivity contribution < 1.29 is 9.13 Å². The summed E-state index contributed by atoms with van der Waals surface area (Å²) in [5, 5.41) is 6.81. The molecule has 2 N–H and O–H groups in total. The Labute approximate surface area is 202 Å². The molecule has 0 unspecified atom stereocenters. The molecule has 2 aliphatic heterocycles. The molecule has 2 aromatic carbocycles. The summed E-state index contributed by atoms with van der Waals surface area (Å²) in [6.45, 7) is 11.4. The second kappa shape index (κ2) is 8.67. The smallest absolute Gasteiger partial charge is 0.288 e. The Morgan fingerprint density at radius 1 is 1.29 bits per heavy atom. The predicted octanol–water partition coefficient (Wildman–Crippen LogP) is 5.37. The zero-order chi connectivity index (χ0) is 23.9. The molecule has 0 radical (unpaired) electrons. The van der Waals surface area contributed by atoms with Crippen molar-refractivity contribution in [3.05, 3.63) is 82.2 Å². The van der Waals surface area contributed by atoms with Crippen LogP contribution in [0.5, 0.6) is 5.75 Å². The highest BCUT2D eigenvalue weighted by Crippen LogP contribution is 2.34. The largest absolute Gasteiger partial charge is 0.493 e. The third kappa shape index (κ3) is 3.78. The predicted molar refractivity (Wildman–Crippen MR) is 132 cm³/mol. The van der Waals surface area contributed by atoms with Crippen LogP contribution in [0.15, 0.2) is 42.7 Å². The van der Waals surface area contributed by atoms with E-state index in [9.17, 15) is 4.39 Å². The van der Waals surface area contributed by atoms with Crippen LogP contribution >= 0.6 is 0 Å². The number of aromatic nitrogens is 3. The first-order valence-electron chi connectivity index (χ1n) is 11.9. The van der Waals surface area contributed by atoms with Crippen molar-refractivity contribution in [1.29, 1.82) is 0 Å². The number of halogens is 1. The van der Waals surface area contributed by atoms with E-state index in [4.69, 9.17) is 11.3 Å². The summed E-state index contributed by atoms with van der Waals surface area (Å²) in [5.41, 5.74) is 6.43. The van der Waals surface area contributed by atoms with Gasteiger partial charge in [-0.2, -0.15) is 0 Å². The molecule has 4 aromatic rings. The number of nitrogens with one attached hydrogen (secondary N) is 2. The third-order valence-electron chi connectivity index (χ3n) is 6.96. The first kappa shape index (κ1) is 21.6. The number of imidazole rings is 1. The number of benzene rings is 2. The molecule has 0 aliphatic carbocycles. The topological polar surface area (TPSA) is 67.8 Å². The van der Waals surface area contributed by atoms with Gasteiger partial charge in [-0.15, -0.1) is 0 Å². The van der Waals surface area contributed by atoms with E-state index in [2.05, 4.69) is 50.6 Å². The lowest BCUT2D eigenvalue weighted by Gasteiger charge is -2.15. The van der Waals surface area contributed by atoms with Crippen LogP contribution in [0.2, 0.25) is 0 Å². The van der Waals surface area contributed by atoms with Crippen LogP contribution in [0.4, 0.5) is 16.2 Å². The lowest BCUT2D eigenvalue weighted by molar-refractivity contribution is 0.356. The Bertz CT molecular complexity index is 1480. The Morgan fingerprint density at radius 2 is 2.20 bits per heavy atom. The summed E-state index contributed by atoms with van der Waals surface area (Å²) in [6.07, 6.45) is 6.48. The van der Waals surface area contributed by atoms with E-state index >= 15 is 0 Å². The van der Waals surface area contributed by atoms with E-state index in [0.29, 0.717) is 36.2 Å². The highest BCUT2D eigenvalue weighted by Gasteiger charge is 2.22. The van der Waals surface area contributed by atoms with Gasteiger partial charge in [0, 0.05) is 42.5 Å². The fourth-order valence-corrected chi connectivity index (χ4v) is 5.19. The second-order valence-electron chi connectivity index (χ2n) is 9.08. The van der Waals surface area contributed by atoms with Crippen molar-refractivity contribution in [3.63, 3.8) is 0 Å². The minimum absolute atomic E-state index is 0.257. The van der Waals surface area contributed by atoms with E-state index in [0.717, 1.165) is 41.0 Å². The zero-order valence-electron chi connectivity index (χ0n) is 19.4. The number of aryl methyl sites for hydroxylation is 1. The Morgan fingerprint density at radius 3 is 3.00 bits per heavy atom. The molecule has 176 valence electrons. The van der Waals surface area contributed by atoms with Crippen LogP contribution in [0.3, 0.4) is 0 Å². The molecule has 0 saturated carbocycles. The van der Waals surface area contributed by atoms with Gasteiger partial charge in [0.25, 0.3) is 5.82 Å². The van der Waals surface area contributed by atoms with Gasteiger partial charge in [-0.25, -0.2) is 9.37 Å². The maximum atomic E-state index is 14.6. The summed E-state index contributed by atoms with van der Waals surface area (Å²) in [4.78, 5) is 12.7. The van der Waals surface area contributed by atoms with Gasteiger partial charge in [-0.1, -0.05) is 29.8 Å². The molecule has 0 bridgehead atoms. The van der Waals surface area contributed by atoms with Gasteiger partial charge < -0.3 is 20.2 Å². The number of hydrogen-bond donors (Lipinski definition) is 2. The Kier molecular flexibility index (Phi) is 5.34. The SMILES string of the molecule is [C-]#[N+]c1cn2c(NCc3c(F)ccc4c3CCO4)ncc(-c3ccc([C@@H]4CCCN4)cc3C)c2n1. The molecule has 0 spiro atoms. The molecular formula is C27H25FN6O. The summed E-state index contributed by atoms with van der Waals surface area (Å²) in [7, 11) is 0. The molecule has 1 atom stereocenters. The molecule has 2 aromatic heterocycles. The van der Waals surface area contributed by atoms with E-state index in [1.165, 1.54) is 18.1 Å². The Hall–Kier alpha value is -3.96. The molecular weight excluding hydrogens is 443 g/mol. The lowest BCUT2D eigenvalue weighted by Crippen LogP contribution is -2.13. The van der Waals surface area contributed by atoms with Gasteiger partial charge in [0.1, 0.15) is 11.6 Å². The molecule has 1 saturated heterocycles. The number of anilines is 1. The summed E-state index contributed by atoms with van der Waals surface area (Å²) >= 11 is 0. The van der Waals surface area contributed by atoms with Gasteiger partial charge in [0.15, 0.2) is 0 Å². The van der Waals surface area contributed by atoms with Crippen molar-refractivity contribution >= 4 is 17.4 Å². The van der Waals surface area contributed by atoms with Crippen molar-refractivity contribution in [2.45, 2.75) is 38.8 Å². The molecule has 0 amide bonds. The molecule has 6 rings (SSSR count). The van der Waals surface area contributed by atoms with Gasteiger partial charge in [-0.3, -0.25) is 4.40 Å². The van der Waals surface area contributed by atoms with E-state index in [1.54, 1.807) is 22.9 Å². The van der Waals surface area contributed by atoms with Crippen LogP contribution in [-0.4, -0.2) is 27.5 Å². The van der Waals surface area contributed by atoms with Crippen LogP contribution in [0.1, 0.15) is 41.1 Å². The van der Waals surface area contributed by atoms with Crippen LogP contribution in [0, 0.1) is 19.3 Å². The molecule has 4 heterocycles. The van der Waals surface area contributed by atoms with Crippen molar-refractivity contribution in [2.75, 3.05) is 18.5 Å². The average molecular weight is 469 g/mol. The standard InChI is InChI=1S/C27H25FN6O/c1-16-12-17(23-4-3-10-30-23)5-6-18(16)21-14-32-27(34-15-25(29-2)33-26(21)34)31-13-20-19-9-11-35-24(19)8-7-22(20)28/h5-8,12,14-15,23,30H,3-4,9-11,13H2,1H3,(H,31,32)/t23-/m0/s1. The molecule has 35 heavy (non-hydrogen) atoms. The van der Waals surface area contributed by atoms with E-state index in [1.807, 2.05) is 0 Å². The van der Waals surface area contributed by atoms with Gasteiger partial charge in [-0.05, 0) is 55.1 Å². The summed E-state index contributed by atoms with van der Waals surface area (Å²) in [6, 6.07) is 10.0. The maximum Gasteiger partial charge on any atom is 0.288 e. The molecule has 1 fully saturated rings. The minimum atomic E-state index is -0.269. The number of nitrogens with zero attached hydrogens (tertiary/aromatic N) is 4. The fraction of sp³-hybridized carbons (Fsp3) is 0.296. The minimum Gasteiger partial charge on any atom is -0.493 e. The first-order chi connectivity index (χ1) is 17.1. The molecule has 8 heteroatoms. The average Bonchev–Trinajstić information content (AvgIpc) is 3.64. The van der Waals surface area contributed by atoms with Crippen molar-refractivity contribution in [3.8, 4) is 16.9 Å². The number of hydrogen-bond acceptors (Lipinski definition) is 5. The van der Waals surface area contributed by atoms with E-state index < -0.39 is 0 Å². The quantitative estimate of drug-likeness (QED) is 0.386.